The van der Waals surface area contributed by atoms with Crippen LogP contribution < -0.4 is 5.32 Å². The van der Waals surface area contributed by atoms with E-state index in [1.807, 2.05) is 30.3 Å². The van der Waals surface area contributed by atoms with Crippen LogP contribution in [-0.4, -0.2) is 17.1 Å². The maximum Gasteiger partial charge on any atom is 0.354 e. The number of carbonyl (C=O) groups is 1. The number of carbonyl (C=O) groups excluding carboxylic acids is 1. The summed E-state index contributed by atoms with van der Waals surface area (Å²) in [7, 11) is 0. The summed E-state index contributed by atoms with van der Waals surface area (Å²) in [4.78, 5) is 12.1. The number of nitrogens with one attached hydrogen (secondary N) is 1. The van der Waals surface area contributed by atoms with Crippen molar-refractivity contribution in [2.24, 2.45) is 0 Å². The summed E-state index contributed by atoms with van der Waals surface area (Å²) in [6.45, 7) is 2.13. The molecule has 0 bridgehead atoms. The zero-order chi connectivity index (χ0) is 15.8. The first-order valence-corrected chi connectivity index (χ1v) is 7.56. The lowest BCUT2D eigenvalue weighted by Crippen LogP contribution is -2.34. The smallest absolute Gasteiger partial charge is 0.354 e. The third-order valence-corrected chi connectivity index (χ3v) is 3.93. The van der Waals surface area contributed by atoms with E-state index >= 15 is 0 Å². The van der Waals surface area contributed by atoms with E-state index in [1.54, 1.807) is 13.2 Å². The van der Waals surface area contributed by atoms with Gasteiger partial charge in [0.2, 0.25) is 0 Å². The summed E-state index contributed by atoms with van der Waals surface area (Å²) in [5, 5.41) is 4.34. The van der Waals surface area contributed by atoms with Crippen LogP contribution in [0.1, 0.15) is 24.5 Å². The van der Waals surface area contributed by atoms with Gasteiger partial charge in [0.25, 0.3) is 0 Å². The van der Waals surface area contributed by atoms with Crippen molar-refractivity contribution < 1.29 is 13.9 Å². The number of furan rings is 1. The number of fused-ring (bicyclic) bond motifs is 3. The van der Waals surface area contributed by atoms with Crippen molar-refractivity contribution in [2.45, 2.75) is 13.1 Å². The van der Waals surface area contributed by atoms with Gasteiger partial charge in [-0.05, 0) is 37.3 Å². The molecule has 1 aliphatic rings. The van der Waals surface area contributed by atoms with Crippen molar-refractivity contribution in [3.63, 3.8) is 0 Å². The highest BCUT2D eigenvalue weighted by Crippen LogP contribution is 2.32. The Hall–Kier alpha value is -2.95. The number of esters is 1. The highest BCUT2D eigenvalue weighted by Gasteiger charge is 2.28. The van der Waals surface area contributed by atoms with E-state index < -0.39 is 0 Å². The van der Waals surface area contributed by atoms with Gasteiger partial charge in [-0.2, -0.15) is 0 Å². The lowest BCUT2D eigenvalue weighted by molar-refractivity contribution is -0.139. The molecule has 0 radical (unpaired) electrons. The summed E-state index contributed by atoms with van der Waals surface area (Å²) >= 11 is 0. The molecule has 5 heteroatoms. The zero-order valence-corrected chi connectivity index (χ0v) is 12.7. The first-order valence-electron chi connectivity index (χ1n) is 7.56. The van der Waals surface area contributed by atoms with Gasteiger partial charge >= 0.3 is 5.97 Å². The number of ether oxygens (including phenoxy) is 1. The molecule has 0 saturated heterocycles. The van der Waals surface area contributed by atoms with Crippen LogP contribution in [0, 0.1) is 0 Å². The molecule has 3 aromatic rings. The van der Waals surface area contributed by atoms with E-state index in [4.69, 9.17) is 9.15 Å². The molecule has 1 aromatic carbocycles. The topological polar surface area (TPSA) is 56.4 Å². The Morgan fingerprint density at radius 2 is 2.17 bits per heavy atom. The Labute approximate surface area is 133 Å². The van der Waals surface area contributed by atoms with Crippen LogP contribution in [0.4, 0.5) is 0 Å². The molecule has 0 saturated carbocycles. The van der Waals surface area contributed by atoms with E-state index in [0.717, 1.165) is 22.4 Å². The van der Waals surface area contributed by atoms with Crippen molar-refractivity contribution in [3.05, 3.63) is 65.9 Å². The highest BCUT2D eigenvalue weighted by atomic mass is 16.5. The number of para-hydroxylation sites is 1. The van der Waals surface area contributed by atoms with Crippen LogP contribution in [0.25, 0.3) is 17.0 Å². The lowest BCUT2D eigenvalue weighted by atomic mass is 10.2. The molecule has 1 aliphatic heterocycles. The second kappa shape index (κ2) is 5.35. The van der Waals surface area contributed by atoms with Crippen LogP contribution in [0.5, 0.6) is 0 Å². The van der Waals surface area contributed by atoms with Gasteiger partial charge in [0, 0.05) is 11.1 Å². The van der Waals surface area contributed by atoms with Crippen LogP contribution in [0.3, 0.4) is 0 Å². The molecule has 2 aromatic heterocycles. The minimum absolute atomic E-state index is 0.288. The Bertz CT molecular complexity index is 890. The number of benzene rings is 1. The van der Waals surface area contributed by atoms with Gasteiger partial charge in [-0.15, -0.1) is 0 Å². The maximum atomic E-state index is 12.1. The largest absolute Gasteiger partial charge is 0.465 e. The number of rotatable bonds is 3. The van der Waals surface area contributed by atoms with E-state index in [1.165, 1.54) is 0 Å². The van der Waals surface area contributed by atoms with Gasteiger partial charge in [-0.3, -0.25) is 0 Å². The van der Waals surface area contributed by atoms with Gasteiger partial charge in [-0.25, -0.2) is 4.79 Å². The Balaban J connectivity index is 1.90. The van der Waals surface area contributed by atoms with Crippen molar-refractivity contribution in [1.82, 2.24) is 9.88 Å². The fraction of sp³-hybridized carbons (Fsp3) is 0.167. The standard InChI is InChI=1S/C18H16N2O3/c1-2-22-18(21)14-11-13-10-12-6-3-4-7-15(12)20(13)17(19-14)16-8-5-9-23-16/h3-11,17,19H,2H2,1H3. The van der Waals surface area contributed by atoms with Crippen molar-refractivity contribution >= 4 is 22.9 Å². The zero-order valence-electron chi connectivity index (χ0n) is 12.7. The molecule has 116 valence electrons. The van der Waals surface area contributed by atoms with Gasteiger partial charge in [0.1, 0.15) is 11.5 Å². The summed E-state index contributed by atoms with van der Waals surface area (Å²) in [5.74, 6) is 0.378. The van der Waals surface area contributed by atoms with Crippen molar-refractivity contribution in [1.29, 1.82) is 0 Å². The lowest BCUT2D eigenvalue weighted by Gasteiger charge is -2.27. The predicted octanol–water partition coefficient (Wildman–Crippen LogP) is 3.29. The number of hydrogen-bond acceptors (Lipinski definition) is 4. The molecule has 3 heterocycles. The van der Waals surface area contributed by atoms with E-state index in [2.05, 4.69) is 28.1 Å². The normalized spacial score (nSPS) is 16.6. The maximum absolute atomic E-state index is 12.1. The average Bonchev–Trinajstić information content (AvgIpc) is 3.21. The third kappa shape index (κ3) is 2.21. The fourth-order valence-electron chi connectivity index (χ4n) is 2.97. The van der Waals surface area contributed by atoms with Gasteiger partial charge < -0.3 is 19.0 Å². The fourth-order valence-corrected chi connectivity index (χ4v) is 2.97. The summed E-state index contributed by atoms with van der Waals surface area (Å²) in [5.41, 5.74) is 2.45. The van der Waals surface area contributed by atoms with Crippen LogP contribution in [0.2, 0.25) is 0 Å². The Morgan fingerprint density at radius 1 is 1.30 bits per heavy atom. The second-order valence-corrected chi connectivity index (χ2v) is 5.34. The summed E-state index contributed by atoms with van der Waals surface area (Å²) in [6, 6.07) is 13.9. The van der Waals surface area contributed by atoms with Crippen molar-refractivity contribution in [2.75, 3.05) is 6.61 Å². The first-order chi connectivity index (χ1) is 11.3. The first kappa shape index (κ1) is 13.7. The van der Waals surface area contributed by atoms with Crippen LogP contribution >= 0.6 is 0 Å². The average molecular weight is 308 g/mol. The van der Waals surface area contributed by atoms with Crippen LogP contribution in [0.15, 0.2) is 58.8 Å². The minimum atomic E-state index is -0.361. The molecule has 0 spiro atoms. The molecule has 5 nitrogen and oxygen atoms in total. The molecule has 1 atom stereocenters. The van der Waals surface area contributed by atoms with Gasteiger partial charge in [0.05, 0.1) is 18.4 Å². The van der Waals surface area contributed by atoms with Gasteiger partial charge in [-0.1, -0.05) is 18.2 Å². The molecule has 1 unspecified atom stereocenters. The highest BCUT2D eigenvalue weighted by molar-refractivity contribution is 5.95. The number of nitrogens with zero attached hydrogens (tertiary/aromatic N) is 1. The summed E-state index contributed by atoms with van der Waals surface area (Å²) < 4.78 is 12.8. The SMILES string of the molecule is CCOC(=O)C1=Cc2cc3ccccc3n2C(c2ccco2)N1. The molecule has 1 N–H and O–H groups in total. The molecule has 0 amide bonds. The molecular weight excluding hydrogens is 292 g/mol. The molecule has 0 fully saturated rings. The quantitative estimate of drug-likeness (QED) is 0.754. The second-order valence-electron chi connectivity index (χ2n) is 5.34. The molecule has 4 rings (SSSR count). The molecule has 23 heavy (non-hydrogen) atoms. The monoisotopic (exact) mass is 308 g/mol. The third-order valence-electron chi connectivity index (χ3n) is 3.93. The Morgan fingerprint density at radius 3 is 2.96 bits per heavy atom. The van der Waals surface area contributed by atoms with E-state index in [0.29, 0.717) is 12.3 Å². The van der Waals surface area contributed by atoms with Crippen molar-refractivity contribution in [3.8, 4) is 0 Å². The number of aromatic nitrogens is 1. The minimum Gasteiger partial charge on any atom is -0.465 e. The summed E-state index contributed by atoms with van der Waals surface area (Å²) in [6.07, 6.45) is 3.16. The molecular formula is C18H16N2O3. The van der Waals surface area contributed by atoms with Crippen LogP contribution in [-0.2, 0) is 9.53 Å². The molecule has 0 aliphatic carbocycles. The number of hydrogen-bond donors (Lipinski definition) is 1. The van der Waals surface area contributed by atoms with E-state index in [-0.39, 0.29) is 12.1 Å². The predicted molar refractivity (Wildman–Crippen MR) is 86.5 cm³/mol. The van der Waals surface area contributed by atoms with E-state index in [9.17, 15) is 4.79 Å². The van der Waals surface area contributed by atoms with Gasteiger partial charge in [0.15, 0.2) is 6.17 Å². The Kier molecular flexibility index (Phi) is 3.19.